The normalized spacial score (nSPS) is 10.6. The molecule has 156 valence electrons. The number of ether oxygens (including phenoxy) is 2. The Labute approximate surface area is 185 Å². The standard InChI is InChI=1S/C24H19N3O3.ClH/c1-28-16-12-13-18(20(14-16)29-2)25-24-22-21(17-10-6-7-11-19(17)30-22)26-23(27-24)15-8-4-3-5-9-15;/h3-14H,1-2H3,(H,25,26,27);1H. The molecule has 7 heteroatoms. The molecular formula is C24H20ClN3O3. The first-order valence-electron chi connectivity index (χ1n) is 9.50. The number of halogens is 1. The molecule has 0 bridgehead atoms. The van der Waals surface area contributed by atoms with Gasteiger partial charge in [0, 0.05) is 17.0 Å². The molecule has 0 saturated heterocycles. The Bertz CT molecular complexity index is 1350. The molecule has 1 N–H and O–H groups in total. The zero-order valence-electron chi connectivity index (χ0n) is 17.0. The van der Waals surface area contributed by atoms with Crippen molar-refractivity contribution < 1.29 is 13.9 Å². The van der Waals surface area contributed by atoms with Crippen LogP contribution in [-0.2, 0) is 0 Å². The lowest BCUT2D eigenvalue weighted by Crippen LogP contribution is -2.00. The largest absolute Gasteiger partial charge is 0.497 e. The number of benzene rings is 3. The van der Waals surface area contributed by atoms with Gasteiger partial charge < -0.3 is 19.2 Å². The molecule has 0 spiro atoms. The van der Waals surface area contributed by atoms with Gasteiger partial charge >= 0.3 is 0 Å². The van der Waals surface area contributed by atoms with Crippen LogP contribution in [0.3, 0.4) is 0 Å². The highest BCUT2D eigenvalue weighted by molar-refractivity contribution is 6.06. The molecule has 0 atom stereocenters. The molecule has 3 aromatic carbocycles. The first kappa shape index (κ1) is 20.5. The van der Waals surface area contributed by atoms with E-state index in [4.69, 9.17) is 23.9 Å². The van der Waals surface area contributed by atoms with E-state index in [1.807, 2.05) is 72.8 Å². The third-order valence-electron chi connectivity index (χ3n) is 4.91. The summed E-state index contributed by atoms with van der Waals surface area (Å²) in [6.07, 6.45) is 0. The van der Waals surface area contributed by atoms with Crippen molar-refractivity contribution in [2.24, 2.45) is 0 Å². The zero-order chi connectivity index (χ0) is 20.5. The fraction of sp³-hybridized carbons (Fsp3) is 0.0833. The van der Waals surface area contributed by atoms with Crippen molar-refractivity contribution in [1.82, 2.24) is 9.97 Å². The number of aromatic nitrogens is 2. The van der Waals surface area contributed by atoms with Crippen LogP contribution in [0.15, 0.2) is 77.2 Å². The summed E-state index contributed by atoms with van der Waals surface area (Å²) >= 11 is 0. The first-order valence-corrected chi connectivity index (χ1v) is 9.50. The predicted octanol–water partition coefficient (Wildman–Crippen LogP) is 6.23. The van der Waals surface area contributed by atoms with E-state index in [9.17, 15) is 0 Å². The van der Waals surface area contributed by atoms with Gasteiger partial charge in [-0.2, -0.15) is 0 Å². The van der Waals surface area contributed by atoms with E-state index in [-0.39, 0.29) is 12.4 Å². The number of para-hydroxylation sites is 1. The zero-order valence-corrected chi connectivity index (χ0v) is 17.8. The van der Waals surface area contributed by atoms with Crippen molar-refractivity contribution in [3.05, 3.63) is 72.8 Å². The third-order valence-corrected chi connectivity index (χ3v) is 4.91. The number of nitrogens with zero attached hydrogens (tertiary/aromatic N) is 2. The van der Waals surface area contributed by atoms with Crippen LogP contribution in [0.1, 0.15) is 0 Å². The molecule has 0 radical (unpaired) electrons. The van der Waals surface area contributed by atoms with Crippen LogP contribution in [0.25, 0.3) is 33.5 Å². The molecular weight excluding hydrogens is 414 g/mol. The van der Waals surface area contributed by atoms with Crippen LogP contribution >= 0.6 is 12.4 Å². The second-order valence-electron chi connectivity index (χ2n) is 6.73. The molecule has 0 aliphatic heterocycles. The summed E-state index contributed by atoms with van der Waals surface area (Å²) in [6.45, 7) is 0. The second kappa shape index (κ2) is 8.53. The molecule has 2 heterocycles. The summed E-state index contributed by atoms with van der Waals surface area (Å²) < 4.78 is 16.9. The first-order chi connectivity index (χ1) is 14.8. The fourth-order valence-corrected chi connectivity index (χ4v) is 3.42. The Balaban J connectivity index is 0.00000231. The number of fused-ring (bicyclic) bond motifs is 3. The molecule has 0 aliphatic carbocycles. The minimum Gasteiger partial charge on any atom is -0.497 e. The van der Waals surface area contributed by atoms with Crippen molar-refractivity contribution >= 4 is 46.0 Å². The van der Waals surface area contributed by atoms with Gasteiger partial charge in [-0.05, 0) is 24.3 Å². The van der Waals surface area contributed by atoms with Gasteiger partial charge in [-0.3, -0.25) is 0 Å². The summed E-state index contributed by atoms with van der Waals surface area (Å²) in [7, 11) is 3.24. The average molecular weight is 434 g/mol. The second-order valence-corrected chi connectivity index (χ2v) is 6.73. The molecule has 5 aromatic rings. The van der Waals surface area contributed by atoms with Crippen molar-refractivity contribution in [2.45, 2.75) is 0 Å². The van der Waals surface area contributed by atoms with Gasteiger partial charge in [-0.15, -0.1) is 12.4 Å². The highest BCUT2D eigenvalue weighted by Crippen LogP contribution is 2.37. The van der Waals surface area contributed by atoms with E-state index in [0.29, 0.717) is 28.7 Å². The lowest BCUT2D eigenvalue weighted by molar-refractivity contribution is 0.395. The van der Waals surface area contributed by atoms with E-state index < -0.39 is 0 Å². The van der Waals surface area contributed by atoms with Crippen LogP contribution in [0.4, 0.5) is 11.5 Å². The van der Waals surface area contributed by atoms with Gasteiger partial charge in [0.05, 0.1) is 19.9 Å². The van der Waals surface area contributed by atoms with Gasteiger partial charge in [0.2, 0.25) is 0 Å². The summed E-state index contributed by atoms with van der Waals surface area (Å²) in [5.41, 5.74) is 3.78. The number of hydrogen-bond acceptors (Lipinski definition) is 6. The smallest absolute Gasteiger partial charge is 0.196 e. The van der Waals surface area contributed by atoms with Crippen LogP contribution < -0.4 is 14.8 Å². The highest BCUT2D eigenvalue weighted by Gasteiger charge is 2.18. The third kappa shape index (κ3) is 3.73. The highest BCUT2D eigenvalue weighted by atomic mass is 35.5. The van der Waals surface area contributed by atoms with E-state index in [2.05, 4.69) is 5.32 Å². The lowest BCUT2D eigenvalue weighted by Gasteiger charge is -2.13. The van der Waals surface area contributed by atoms with Crippen LogP contribution in [0.2, 0.25) is 0 Å². The van der Waals surface area contributed by atoms with Crippen molar-refractivity contribution in [3.63, 3.8) is 0 Å². The molecule has 2 aromatic heterocycles. The van der Waals surface area contributed by atoms with E-state index in [0.717, 1.165) is 27.7 Å². The summed E-state index contributed by atoms with van der Waals surface area (Å²) in [4.78, 5) is 9.59. The minimum atomic E-state index is 0. The van der Waals surface area contributed by atoms with Crippen molar-refractivity contribution in [2.75, 3.05) is 19.5 Å². The molecule has 0 aliphatic rings. The number of anilines is 2. The Morgan fingerprint density at radius 2 is 1.61 bits per heavy atom. The maximum Gasteiger partial charge on any atom is 0.196 e. The maximum absolute atomic E-state index is 6.11. The molecule has 6 nitrogen and oxygen atoms in total. The van der Waals surface area contributed by atoms with Crippen molar-refractivity contribution in [1.29, 1.82) is 0 Å². The predicted molar refractivity (Wildman–Crippen MR) is 125 cm³/mol. The Kier molecular flexibility index (Phi) is 5.64. The number of rotatable bonds is 5. The molecule has 0 amide bonds. The number of nitrogens with one attached hydrogen (secondary N) is 1. The van der Waals surface area contributed by atoms with E-state index >= 15 is 0 Å². The topological polar surface area (TPSA) is 69.4 Å². The van der Waals surface area contributed by atoms with Crippen LogP contribution in [0, 0.1) is 0 Å². The minimum absolute atomic E-state index is 0. The Morgan fingerprint density at radius 3 is 2.39 bits per heavy atom. The fourth-order valence-electron chi connectivity index (χ4n) is 3.42. The summed E-state index contributed by atoms with van der Waals surface area (Å²) in [5, 5.41) is 4.30. The molecule has 5 rings (SSSR count). The number of methoxy groups -OCH3 is 2. The molecule has 0 unspecified atom stereocenters. The van der Waals surface area contributed by atoms with E-state index in [1.54, 1.807) is 14.2 Å². The Hall–Kier alpha value is -3.77. The van der Waals surface area contributed by atoms with Crippen molar-refractivity contribution in [3.8, 4) is 22.9 Å². The summed E-state index contributed by atoms with van der Waals surface area (Å²) in [6, 6.07) is 23.3. The quantitative estimate of drug-likeness (QED) is 0.354. The van der Waals surface area contributed by atoms with Gasteiger partial charge in [0.1, 0.15) is 22.6 Å². The summed E-state index contributed by atoms with van der Waals surface area (Å²) in [5.74, 6) is 2.53. The van der Waals surface area contributed by atoms with Gasteiger partial charge in [-0.1, -0.05) is 42.5 Å². The van der Waals surface area contributed by atoms with Crippen LogP contribution in [0.5, 0.6) is 11.5 Å². The van der Waals surface area contributed by atoms with Gasteiger partial charge in [0.25, 0.3) is 0 Å². The van der Waals surface area contributed by atoms with E-state index in [1.165, 1.54) is 0 Å². The number of hydrogen-bond donors (Lipinski definition) is 1. The maximum atomic E-state index is 6.11. The molecule has 0 fully saturated rings. The molecule has 0 saturated carbocycles. The average Bonchev–Trinajstić information content (AvgIpc) is 3.19. The van der Waals surface area contributed by atoms with Crippen LogP contribution in [-0.4, -0.2) is 24.2 Å². The molecule has 31 heavy (non-hydrogen) atoms. The lowest BCUT2D eigenvalue weighted by atomic mass is 10.2. The SMILES string of the molecule is COc1ccc(Nc2nc(-c3ccccc3)nc3c2oc2ccccc23)c(OC)c1.Cl. The van der Waals surface area contributed by atoms with Gasteiger partial charge in [-0.25, -0.2) is 9.97 Å². The number of furan rings is 1. The Morgan fingerprint density at radius 1 is 0.839 bits per heavy atom. The monoisotopic (exact) mass is 433 g/mol. The van der Waals surface area contributed by atoms with Gasteiger partial charge in [0.15, 0.2) is 17.2 Å².